The Balaban J connectivity index is 2.11. The molecule has 0 aliphatic carbocycles. The summed E-state index contributed by atoms with van der Waals surface area (Å²) in [6.07, 6.45) is 0. The lowest BCUT2D eigenvalue weighted by atomic mass is 10.2. The van der Waals surface area contributed by atoms with E-state index in [9.17, 15) is 4.39 Å². The molecule has 0 aliphatic heterocycles. The van der Waals surface area contributed by atoms with E-state index >= 15 is 0 Å². The molecule has 2 aromatic rings. The van der Waals surface area contributed by atoms with Gasteiger partial charge in [0.05, 0.1) is 0 Å². The third-order valence-corrected chi connectivity index (χ3v) is 2.71. The second kappa shape index (κ2) is 5.49. The smallest absolute Gasteiger partial charge is 0.130 e. The van der Waals surface area contributed by atoms with Gasteiger partial charge in [-0.2, -0.15) is 0 Å². The quantitative estimate of drug-likeness (QED) is 0.897. The lowest BCUT2D eigenvalue weighted by Crippen LogP contribution is -2.17. The minimum absolute atomic E-state index is 0.211. The molecule has 0 saturated heterocycles. The Morgan fingerprint density at radius 1 is 1.17 bits per heavy atom. The molecule has 0 spiro atoms. The number of benzene rings is 1. The van der Waals surface area contributed by atoms with E-state index in [1.54, 1.807) is 12.1 Å². The minimum atomic E-state index is -0.211. The van der Waals surface area contributed by atoms with Crippen molar-refractivity contribution in [2.24, 2.45) is 0 Å². The van der Waals surface area contributed by atoms with Crippen molar-refractivity contribution in [3.8, 4) is 0 Å². The van der Waals surface area contributed by atoms with E-state index in [1.807, 2.05) is 37.2 Å². The number of hydrogen-bond donors (Lipinski definition) is 1. The molecule has 0 unspecified atom stereocenters. The molecule has 1 aromatic heterocycles. The van der Waals surface area contributed by atoms with Crippen LogP contribution in [0, 0.1) is 5.82 Å². The summed E-state index contributed by atoms with van der Waals surface area (Å²) >= 11 is 0. The van der Waals surface area contributed by atoms with Crippen molar-refractivity contribution in [1.82, 2.24) is 4.98 Å². The van der Waals surface area contributed by atoms with Crippen LogP contribution in [0.5, 0.6) is 0 Å². The average molecular weight is 245 g/mol. The van der Waals surface area contributed by atoms with Gasteiger partial charge in [0.2, 0.25) is 0 Å². The van der Waals surface area contributed by atoms with Gasteiger partial charge >= 0.3 is 0 Å². The molecule has 1 aromatic carbocycles. The summed E-state index contributed by atoms with van der Waals surface area (Å²) < 4.78 is 12.8. The summed E-state index contributed by atoms with van der Waals surface area (Å²) in [7, 11) is 3.80. The summed E-state index contributed by atoms with van der Waals surface area (Å²) in [5.74, 6) is 1.50. The van der Waals surface area contributed by atoms with Crippen molar-refractivity contribution in [2.45, 2.75) is 6.54 Å². The van der Waals surface area contributed by atoms with Crippen molar-refractivity contribution >= 4 is 11.6 Å². The number of nitrogens with zero attached hydrogens (tertiary/aromatic N) is 2. The van der Waals surface area contributed by atoms with E-state index in [4.69, 9.17) is 0 Å². The second-order valence-corrected chi connectivity index (χ2v) is 4.11. The number of rotatable bonds is 4. The highest BCUT2D eigenvalue weighted by molar-refractivity contribution is 5.46. The summed E-state index contributed by atoms with van der Waals surface area (Å²) in [5, 5.41) is 3.01. The zero-order chi connectivity index (χ0) is 13.0. The topological polar surface area (TPSA) is 28.2 Å². The predicted molar refractivity (Wildman–Crippen MR) is 72.3 cm³/mol. The van der Waals surface area contributed by atoms with E-state index < -0.39 is 0 Å². The molecule has 0 radical (unpaired) electrons. The lowest BCUT2D eigenvalue weighted by molar-refractivity contribution is 0.627. The minimum Gasteiger partial charge on any atom is -0.373 e. The summed E-state index contributed by atoms with van der Waals surface area (Å²) in [4.78, 5) is 6.47. The first-order chi connectivity index (χ1) is 8.69. The standard InChI is InChI=1S/C14H16FN3/c1-16-13-4-3-5-14(17-13)18(2)10-11-6-8-12(15)9-7-11/h3-9H,10H2,1-2H3,(H,16,17). The number of aromatic nitrogens is 1. The molecule has 0 aliphatic rings. The van der Waals surface area contributed by atoms with Crippen LogP contribution in [-0.2, 0) is 6.54 Å². The molecule has 0 fully saturated rings. The summed E-state index contributed by atoms with van der Waals surface area (Å²) in [5.41, 5.74) is 1.05. The zero-order valence-electron chi connectivity index (χ0n) is 10.5. The van der Waals surface area contributed by atoms with Crippen LogP contribution in [0.1, 0.15) is 5.56 Å². The van der Waals surface area contributed by atoms with Crippen LogP contribution in [0.4, 0.5) is 16.0 Å². The maximum atomic E-state index is 12.8. The Hall–Kier alpha value is -2.10. The van der Waals surface area contributed by atoms with Gasteiger partial charge in [0, 0.05) is 20.6 Å². The molecule has 1 N–H and O–H groups in total. The molecule has 0 bridgehead atoms. The van der Waals surface area contributed by atoms with Gasteiger partial charge in [-0.1, -0.05) is 18.2 Å². The van der Waals surface area contributed by atoms with Gasteiger partial charge in [-0.15, -0.1) is 0 Å². The molecule has 18 heavy (non-hydrogen) atoms. The van der Waals surface area contributed by atoms with Crippen LogP contribution in [0.25, 0.3) is 0 Å². The normalized spacial score (nSPS) is 10.2. The first-order valence-corrected chi connectivity index (χ1v) is 5.79. The van der Waals surface area contributed by atoms with Crippen molar-refractivity contribution in [2.75, 3.05) is 24.3 Å². The molecule has 3 nitrogen and oxygen atoms in total. The van der Waals surface area contributed by atoms with E-state index in [2.05, 4.69) is 10.3 Å². The van der Waals surface area contributed by atoms with Crippen molar-refractivity contribution < 1.29 is 4.39 Å². The number of hydrogen-bond acceptors (Lipinski definition) is 3. The first kappa shape index (κ1) is 12.4. The van der Waals surface area contributed by atoms with Gasteiger partial charge in [0.15, 0.2) is 0 Å². The van der Waals surface area contributed by atoms with Crippen LogP contribution >= 0.6 is 0 Å². The Kier molecular flexibility index (Phi) is 3.77. The van der Waals surface area contributed by atoms with E-state index in [0.29, 0.717) is 6.54 Å². The van der Waals surface area contributed by atoms with Gasteiger partial charge < -0.3 is 10.2 Å². The summed E-state index contributed by atoms with van der Waals surface area (Å²) in [6, 6.07) is 12.3. The van der Waals surface area contributed by atoms with Crippen LogP contribution in [0.15, 0.2) is 42.5 Å². The fourth-order valence-electron chi connectivity index (χ4n) is 1.72. The molecule has 1 heterocycles. The number of nitrogens with one attached hydrogen (secondary N) is 1. The Bertz CT molecular complexity index is 511. The summed E-state index contributed by atoms with van der Waals surface area (Å²) in [6.45, 7) is 0.695. The van der Waals surface area contributed by atoms with Crippen LogP contribution < -0.4 is 10.2 Å². The molecule has 2 rings (SSSR count). The van der Waals surface area contributed by atoms with Gasteiger partial charge in [-0.3, -0.25) is 0 Å². The number of halogens is 1. The van der Waals surface area contributed by atoms with Gasteiger partial charge in [-0.25, -0.2) is 9.37 Å². The van der Waals surface area contributed by atoms with Crippen LogP contribution in [-0.4, -0.2) is 19.1 Å². The maximum Gasteiger partial charge on any atom is 0.130 e. The molecule has 0 saturated carbocycles. The van der Waals surface area contributed by atoms with Gasteiger partial charge in [0.25, 0.3) is 0 Å². The van der Waals surface area contributed by atoms with Crippen molar-refractivity contribution in [1.29, 1.82) is 0 Å². The fraction of sp³-hybridized carbons (Fsp3) is 0.214. The molecule has 94 valence electrons. The molecule has 4 heteroatoms. The molecule has 0 amide bonds. The van der Waals surface area contributed by atoms with Crippen molar-refractivity contribution in [3.05, 3.63) is 53.8 Å². The van der Waals surface area contributed by atoms with E-state index in [1.165, 1.54) is 12.1 Å². The van der Waals surface area contributed by atoms with E-state index in [0.717, 1.165) is 17.2 Å². The van der Waals surface area contributed by atoms with Crippen molar-refractivity contribution in [3.63, 3.8) is 0 Å². The third kappa shape index (κ3) is 2.97. The van der Waals surface area contributed by atoms with E-state index in [-0.39, 0.29) is 5.82 Å². The van der Waals surface area contributed by atoms with Gasteiger partial charge in [-0.05, 0) is 29.8 Å². The highest BCUT2D eigenvalue weighted by Crippen LogP contribution is 2.15. The van der Waals surface area contributed by atoms with Crippen LogP contribution in [0.2, 0.25) is 0 Å². The average Bonchev–Trinajstić information content (AvgIpc) is 2.41. The lowest BCUT2D eigenvalue weighted by Gasteiger charge is -2.18. The van der Waals surface area contributed by atoms with Crippen LogP contribution in [0.3, 0.4) is 0 Å². The number of anilines is 2. The van der Waals surface area contributed by atoms with Gasteiger partial charge in [0.1, 0.15) is 17.5 Å². The SMILES string of the molecule is CNc1cccc(N(C)Cc2ccc(F)cc2)n1. The third-order valence-electron chi connectivity index (χ3n) is 2.71. The predicted octanol–water partition coefficient (Wildman–Crippen LogP) is 2.90. The number of pyridine rings is 1. The zero-order valence-corrected chi connectivity index (χ0v) is 10.5. The first-order valence-electron chi connectivity index (χ1n) is 5.79. The highest BCUT2D eigenvalue weighted by atomic mass is 19.1. The Morgan fingerprint density at radius 3 is 2.56 bits per heavy atom. The highest BCUT2D eigenvalue weighted by Gasteiger charge is 2.04. The molecular weight excluding hydrogens is 229 g/mol. The fourth-order valence-corrected chi connectivity index (χ4v) is 1.72. The molecular formula is C14H16FN3. The monoisotopic (exact) mass is 245 g/mol. The maximum absolute atomic E-state index is 12.8. The molecule has 0 atom stereocenters. The largest absolute Gasteiger partial charge is 0.373 e. The Morgan fingerprint density at radius 2 is 1.89 bits per heavy atom. The second-order valence-electron chi connectivity index (χ2n) is 4.11. The Labute approximate surface area is 106 Å².